The number of benzene rings is 1. The van der Waals surface area contributed by atoms with Crippen molar-refractivity contribution in [1.82, 2.24) is 5.32 Å². The fourth-order valence-corrected chi connectivity index (χ4v) is 2.75. The van der Waals surface area contributed by atoms with E-state index in [2.05, 4.69) is 35.1 Å². The van der Waals surface area contributed by atoms with E-state index in [9.17, 15) is 0 Å². The SMILES string of the molecule is CC(Cc1ccsc1)NCc1ccccc1OCCO. The molecule has 0 aliphatic rings. The Morgan fingerprint density at radius 3 is 2.90 bits per heavy atom. The number of rotatable bonds is 8. The van der Waals surface area contributed by atoms with Gasteiger partial charge in [-0.05, 0) is 41.8 Å². The predicted molar refractivity (Wildman–Crippen MR) is 83.3 cm³/mol. The average molecular weight is 291 g/mol. The number of para-hydroxylation sites is 1. The zero-order valence-corrected chi connectivity index (χ0v) is 12.5. The lowest BCUT2D eigenvalue weighted by molar-refractivity contribution is 0.200. The first-order chi connectivity index (χ1) is 9.79. The molecule has 0 aliphatic carbocycles. The highest BCUT2D eigenvalue weighted by Crippen LogP contribution is 2.18. The molecule has 1 heterocycles. The van der Waals surface area contributed by atoms with Crippen LogP contribution < -0.4 is 10.1 Å². The molecule has 1 aromatic carbocycles. The quantitative estimate of drug-likeness (QED) is 0.786. The molecule has 0 aliphatic heterocycles. The van der Waals surface area contributed by atoms with E-state index >= 15 is 0 Å². The number of ether oxygens (including phenoxy) is 1. The first-order valence-corrected chi connectivity index (χ1v) is 7.80. The van der Waals surface area contributed by atoms with Crippen molar-refractivity contribution in [1.29, 1.82) is 0 Å². The van der Waals surface area contributed by atoms with Crippen molar-refractivity contribution in [2.45, 2.75) is 25.9 Å². The van der Waals surface area contributed by atoms with Crippen LogP contribution >= 0.6 is 11.3 Å². The Kier molecular flexibility index (Phi) is 6.05. The Morgan fingerprint density at radius 1 is 1.30 bits per heavy atom. The van der Waals surface area contributed by atoms with Gasteiger partial charge in [0.25, 0.3) is 0 Å². The molecule has 3 nitrogen and oxygen atoms in total. The molecule has 1 unspecified atom stereocenters. The van der Waals surface area contributed by atoms with E-state index in [4.69, 9.17) is 9.84 Å². The predicted octanol–water partition coefficient (Wildman–Crippen LogP) is 2.84. The summed E-state index contributed by atoms with van der Waals surface area (Å²) in [6.45, 7) is 3.33. The minimum Gasteiger partial charge on any atom is -0.491 e. The van der Waals surface area contributed by atoms with Crippen molar-refractivity contribution < 1.29 is 9.84 Å². The molecule has 2 rings (SSSR count). The second-order valence-electron chi connectivity index (χ2n) is 4.80. The molecular weight excluding hydrogens is 270 g/mol. The summed E-state index contributed by atoms with van der Waals surface area (Å²) in [6, 6.07) is 10.5. The van der Waals surface area contributed by atoms with Crippen LogP contribution in [0.3, 0.4) is 0 Å². The minimum atomic E-state index is 0.0380. The molecule has 4 heteroatoms. The van der Waals surface area contributed by atoms with Crippen molar-refractivity contribution in [2.75, 3.05) is 13.2 Å². The molecule has 108 valence electrons. The molecule has 2 aromatic rings. The Bertz CT molecular complexity index is 499. The Balaban J connectivity index is 1.86. The van der Waals surface area contributed by atoms with E-state index in [1.807, 2.05) is 18.2 Å². The number of aliphatic hydroxyl groups excluding tert-OH is 1. The highest BCUT2D eigenvalue weighted by molar-refractivity contribution is 7.07. The first kappa shape index (κ1) is 15.0. The Labute approximate surface area is 124 Å². The highest BCUT2D eigenvalue weighted by Gasteiger charge is 2.06. The molecule has 0 amide bonds. The molecule has 1 aromatic heterocycles. The highest BCUT2D eigenvalue weighted by atomic mass is 32.1. The summed E-state index contributed by atoms with van der Waals surface area (Å²) in [5.41, 5.74) is 2.50. The molecular formula is C16H21NO2S. The van der Waals surface area contributed by atoms with Gasteiger partial charge >= 0.3 is 0 Å². The van der Waals surface area contributed by atoms with E-state index in [0.29, 0.717) is 12.6 Å². The van der Waals surface area contributed by atoms with Gasteiger partial charge in [-0.3, -0.25) is 0 Å². The van der Waals surface area contributed by atoms with Crippen molar-refractivity contribution in [2.24, 2.45) is 0 Å². The fourth-order valence-electron chi connectivity index (χ4n) is 2.06. The number of aliphatic hydroxyl groups is 1. The largest absolute Gasteiger partial charge is 0.491 e. The summed E-state index contributed by atoms with van der Waals surface area (Å²) >= 11 is 1.74. The number of hydrogen-bond donors (Lipinski definition) is 2. The van der Waals surface area contributed by atoms with Crippen LogP contribution in [0.5, 0.6) is 5.75 Å². The van der Waals surface area contributed by atoms with Gasteiger partial charge in [0.15, 0.2) is 0 Å². The molecule has 0 saturated heterocycles. The molecule has 0 spiro atoms. The fraction of sp³-hybridized carbons (Fsp3) is 0.375. The van der Waals surface area contributed by atoms with E-state index in [0.717, 1.165) is 24.3 Å². The van der Waals surface area contributed by atoms with Crippen molar-refractivity contribution in [3.63, 3.8) is 0 Å². The van der Waals surface area contributed by atoms with Crippen LogP contribution in [0, 0.1) is 0 Å². The monoisotopic (exact) mass is 291 g/mol. The lowest BCUT2D eigenvalue weighted by atomic mass is 10.1. The molecule has 20 heavy (non-hydrogen) atoms. The summed E-state index contributed by atoms with van der Waals surface area (Å²) in [7, 11) is 0. The molecule has 2 N–H and O–H groups in total. The maximum absolute atomic E-state index is 8.84. The third-order valence-corrected chi connectivity index (χ3v) is 3.82. The van der Waals surface area contributed by atoms with Crippen LogP contribution in [0.2, 0.25) is 0 Å². The van der Waals surface area contributed by atoms with Crippen LogP contribution in [-0.4, -0.2) is 24.4 Å². The topological polar surface area (TPSA) is 41.5 Å². The van der Waals surface area contributed by atoms with Gasteiger partial charge in [0.1, 0.15) is 12.4 Å². The zero-order chi connectivity index (χ0) is 14.2. The van der Waals surface area contributed by atoms with E-state index in [1.54, 1.807) is 11.3 Å². The van der Waals surface area contributed by atoms with Crippen LogP contribution in [0.25, 0.3) is 0 Å². The van der Waals surface area contributed by atoms with Gasteiger partial charge in [-0.2, -0.15) is 11.3 Å². The molecule has 1 atom stereocenters. The van der Waals surface area contributed by atoms with Gasteiger partial charge in [0.2, 0.25) is 0 Å². The van der Waals surface area contributed by atoms with Gasteiger partial charge in [-0.25, -0.2) is 0 Å². The zero-order valence-electron chi connectivity index (χ0n) is 11.7. The van der Waals surface area contributed by atoms with Gasteiger partial charge in [-0.15, -0.1) is 0 Å². The first-order valence-electron chi connectivity index (χ1n) is 6.85. The van der Waals surface area contributed by atoms with E-state index < -0.39 is 0 Å². The summed E-state index contributed by atoms with van der Waals surface area (Å²) in [5.74, 6) is 0.844. The van der Waals surface area contributed by atoms with Crippen LogP contribution in [0.4, 0.5) is 0 Å². The number of nitrogens with one attached hydrogen (secondary N) is 1. The number of thiophene rings is 1. The van der Waals surface area contributed by atoms with Gasteiger partial charge in [0, 0.05) is 18.2 Å². The second-order valence-corrected chi connectivity index (χ2v) is 5.58. The lowest BCUT2D eigenvalue weighted by Gasteiger charge is -2.15. The van der Waals surface area contributed by atoms with Crippen LogP contribution in [-0.2, 0) is 13.0 Å². The third-order valence-electron chi connectivity index (χ3n) is 3.08. The maximum atomic E-state index is 8.84. The third kappa shape index (κ3) is 4.63. The average Bonchev–Trinajstić information content (AvgIpc) is 2.96. The van der Waals surface area contributed by atoms with Gasteiger partial charge < -0.3 is 15.2 Å². The van der Waals surface area contributed by atoms with Crippen LogP contribution in [0.1, 0.15) is 18.1 Å². The summed E-state index contributed by atoms with van der Waals surface area (Å²) in [6.07, 6.45) is 1.03. The van der Waals surface area contributed by atoms with Crippen LogP contribution in [0.15, 0.2) is 41.1 Å². The summed E-state index contributed by atoms with van der Waals surface area (Å²) in [4.78, 5) is 0. The standard InChI is InChI=1S/C16H21NO2S/c1-13(10-14-6-9-20-12-14)17-11-15-4-2-3-5-16(15)19-8-7-18/h2-6,9,12-13,17-18H,7-8,10-11H2,1H3. The lowest BCUT2D eigenvalue weighted by Crippen LogP contribution is -2.27. The second kappa shape index (κ2) is 8.04. The molecule has 0 radical (unpaired) electrons. The molecule has 0 fully saturated rings. The molecule has 0 bridgehead atoms. The van der Waals surface area contributed by atoms with E-state index in [-0.39, 0.29) is 6.61 Å². The van der Waals surface area contributed by atoms with E-state index in [1.165, 1.54) is 5.56 Å². The van der Waals surface area contributed by atoms with Crippen molar-refractivity contribution in [3.05, 3.63) is 52.2 Å². The maximum Gasteiger partial charge on any atom is 0.123 e. The smallest absolute Gasteiger partial charge is 0.123 e. The number of hydrogen-bond acceptors (Lipinski definition) is 4. The Hall–Kier alpha value is -1.36. The van der Waals surface area contributed by atoms with Gasteiger partial charge in [0.05, 0.1) is 6.61 Å². The van der Waals surface area contributed by atoms with Crippen molar-refractivity contribution >= 4 is 11.3 Å². The van der Waals surface area contributed by atoms with Gasteiger partial charge in [-0.1, -0.05) is 18.2 Å². The van der Waals surface area contributed by atoms with Crippen molar-refractivity contribution in [3.8, 4) is 5.75 Å². The summed E-state index contributed by atoms with van der Waals surface area (Å²) in [5, 5.41) is 16.7. The normalized spacial score (nSPS) is 12.3. The minimum absolute atomic E-state index is 0.0380. The summed E-state index contributed by atoms with van der Waals surface area (Å²) < 4.78 is 5.54. The Morgan fingerprint density at radius 2 is 2.15 bits per heavy atom. The molecule has 0 saturated carbocycles.